The largest absolute Gasteiger partial charge is 0.497 e. The number of imide groups is 1. The van der Waals surface area contributed by atoms with Gasteiger partial charge in [0.1, 0.15) is 11.0 Å². The van der Waals surface area contributed by atoms with Gasteiger partial charge in [-0.2, -0.15) is 0 Å². The smallest absolute Gasteiger partial charge is 0.305 e. The van der Waals surface area contributed by atoms with Crippen LogP contribution in [0.1, 0.15) is 6.42 Å². The zero-order chi connectivity index (χ0) is 14.0. The predicted octanol–water partition coefficient (Wildman–Crippen LogP) is 1.74. The monoisotopic (exact) mass is 281 g/mol. The first kappa shape index (κ1) is 13.4. The Bertz CT molecular complexity index is 527. The molecule has 0 spiro atoms. The van der Waals surface area contributed by atoms with E-state index in [9.17, 15) is 14.4 Å². The molecular formula is C12H11NO5S. The van der Waals surface area contributed by atoms with Crippen molar-refractivity contribution in [3.05, 3.63) is 24.3 Å². The van der Waals surface area contributed by atoms with Gasteiger partial charge in [0.2, 0.25) is 5.91 Å². The van der Waals surface area contributed by atoms with Crippen molar-refractivity contribution < 1.29 is 24.2 Å². The number of hydrogen-bond donors (Lipinski definition) is 1. The lowest BCUT2D eigenvalue weighted by atomic mass is 10.2. The van der Waals surface area contributed by atoms with Crippen molar-refractivity contribution in [1.82, 2.24) is 0 Å². The van der Waals surface area contributed by atoms with Crippen molar-refractivity contribution in [2.24, 2.45) is 0 Å². The Morgan fingerprint density at radius 2 is 2.00 bits per heavy atom. The quantitative estimate of drug-likeness (QED) is 0.905. The Labute approximate surface area is 113 Å². The van der Waals surface area contributed by atoms with Crippen LogP contribution < -0.4 is 9.64 Å². The molecule has 0 saturated carbocycles. The summed E-state index contributed by atoms with van der Waals surface area (Å²) in [6, 6.07) is 6.42. The van der Waals surface area contributed by atoms with E-state index in [4.69, 9.17) is 9.84 Å². The van der Waals surface area contributed by atoms with Crippen LogP contribution in [0.25, 0.3) is 0 Å². The molecule has 7 heteroatoms. The number of hydrogen-bond acceptors (Lipinski definition) is 5. The number of amides is 2. The summed E-state index contributed by atoms with van der Waals surface area (Å²) in [6.07, 6.45) is -0.359. The minimum atomic E-state index is -1.10. The van der Waals surface area contributed by atoms with Gasteiger partial charge in [-0.3, -0.25) is 14.4 Å². The molecule has 2 rings (SSSR count). The van der Waals surface area contributed by atoms with Crippen LogP contribution in [0.4, 0.5) is 10.5 Å². The molecule has 2 amide bonds. The van der Waals surface area contributed by atoms with Gasteiger partial charge >= 0.3 is 5.97 Å². The average Bonchev–Trinajstić information content (AvgIpc) is 2.64. The topological polar surface area (TPSA) is 83.9 Å². The van der Waals surface area contributed by atoms with Gasteiger partial charge in [-0.15, -0.1) is 0 Å². The molecule has 1 heterocycles. The van der Waals surface area contributed by atoms with Gasteiger partial charge in [0.15, 0.2) is 0 Å². The molecule has 1 saturated heterocycles. The Kier molecular flexibility index (Phi) is 3.75. The Morgan fingerprint density at radius 3 is 2.53 bits per heavy atom. The van der Waals surface area contributed by atoms with Gasteiger partial charge in [-0.1, -0.05) is 0 Å². The summed E-state index contributed by atoms with van der Waals surface area (Å²) >= 11 is 0.740. The number of nitrogens with zero attached hydrogens (tertiary/aromatic N) is 1. The minimum absolute atomic E-state index is 0.359. The molecular weight excluding hydrogens is 270 g/mol. The lowest BCUT2D eigenvalue weighted by molar-refractivity contribution is -0.138. The number of carboxylic acids is 1. The predicted molar refractivity (Wildman–Crippen MR) is 69.5 cm³/mol. The zero-order valence-electron chi connectivity index (χ0n) is 10.0. The third kappa shape index (κ3) is 2.70. The van der Waals surface area contributed by atoms with Gasteiger partial charge in [0.05, 0.1) is 19.2 Å². The second-order valence-electron chi connectivity index (χ2n) is 3.84. The van der Waals surface area contributed by atoms with E-state index in [2.05, 4.69) is 0 Å². The van der Waals surface area contributed by atoms with Crippen LogP contribution in [0, 0.1) is 0 Å². The van der Waals surface area contributed by atoms with E-state index < -0.39 is 22.4 Å². The summed E-state index contributed by atoms with van der Waals surface area (Å²) in [5, 5.41) is 7.38. The molecule has 1 aliphatic heterocycles. The van der Waals surface area contributed by atoms with Gasteiger partial charge in [0, 0.05) is 0 Å². The van der Waals surface area contributed by atoms with Crippen molar-refractivity contribution >= 4 is 34.6 Å². The summed E-state index contributed by atoms with van der Waals surface area (Å²) < 4.78 is 4.99. The maximum Gasteiger partial charge on any atom is 0.305 e. The Hall–Kier alpha value is -2.02. The fraction of sp³-hybridized carbons (Fsp3) is 0.250. The molecule has 6 nitrogen and oxygen atoms in total. The van der Waals surface area contributed by atoms with Crippen molar-refractivity contribution in [1.29, 1.82) is 0 Å². The van der Waals surface area contributed by atoms with Gasteiger partial charge in [-0.05, 0) is 36.0 Å². The highest BCUT2D eigenvalue weighted by atomic mass is 32.2. The highest BCUT2D eigenvalue weighted by molar-refractivity contribution is 8.15. The fourth-order valence-electron chi connectivity index (χ4n) is 1.71. The molecule has 19 heavy (non-hydrogen) atoms. The SMILES string of the molecule is COc1ccc(N2C(=O)S[C@H](CC(=O)O)C2=O)cc1. The zero-order valence-corrected chi connectivity index (χ0v) is 10.8. The number of ether oxygens (including phenoxy) is 1. The third-order valence-corrected chi connectivity index (χ3v) is 3.65. The Balaban J connectivity index is 2.21. The van der Waals surface area contributed by atoms with Crippen LogP contribution in [-0.2, 0) is 9.59 Å². The molecule has 1 atom stereocenters. The van der Waals surface area contributed by atoms with Crippen LogP contribution in [0.5, 0.6) is 5.75 Å². The van der Waals surface area contributed by atoms with Gasteiger partial charge < -0.3 is 9.84 Å². The number of carbonyl (C=O) groups is 3. The summed E-state index contributed by atoms with van der Waals surface area (Å²) in [4.78, 5) is 35.4. The van der Waals surface area contributed by atoms with Crippen LogP contribution in [0.15, 0.2) is 24.3 Å². The normalized spacial score (nSPS) is 18.8. The van der Waals surface area contributed by atoms with E-state index in [-0.39, 0.29) is 6.42 Å². The van der Waals surface area contributed by atoms with E-state index in [1.165, 1.54) is 7.11 Å². The summed E-state index contributed by atoms with van der Waals surface area (Å²) in [5.41, 5.74) is 0.413. The van der Waals surface area contributed by atoms with E-state index in [0.29, 0.717) is 11.4 Å². The molecule has 1 N–H and O–H groups in total. The van der Waals surface area contributed by atoms with Crippen molar-refractivity contribution in [2.45, 2.75) is 11.7 Å². The number of carboxylic acid groups (broad SMARTS) is 1. The number of anilines is 1. The van der Waals surface area contributed by atoms with Crippen LogP contribution in [0.3, 0.4) is 0 Å². The Morgan fingerprint density at radius 1 is 1.37 bits per heavy atom. The number of thioether (sulfide) groups is 1. The van der Waals surface area contributed by atoms with E-state index in [1.807, 2.05) is 0 Å². The molecule has 0 aromatic heterocycles. The summed E-state index contributed by atoms with van der Waals surface area (Å²) in [7, 11) is 1.51. The van der Waals surface area contributed by atoms with Crippen molar-refractivity contribution in [2.75, 3.05) is 12.0 Å². The number of rotatable bonds is 4. The maximum atomic E-state index is 12.0. The first-order valence-electron chi connectivity index (χ1n) is 5.43. The molecule has 0 unspecified atom stereocenters. The van der Waals surface area contributed by atoms with Gasteiger partial charge in [0.25, 0.3) is 5.24 Å². The molecule has 0 aliphatic carbocycles. The molecule has 0 radical (unpaired) electrons. The molecule has 1 aliphatic rings. The first-order chi connectivity index (χ1) is 9.02. The second kappa shape index (κ2) is 5.31. The van der Waals surface area contributed by atoms with Crippen LogP contribution >= 0.6 is 11.8 Å². The molecule has 1 fully saturated rings. The van der Waals surface area contributed by atoms with Crippen LogP contribution in [-0.4, -0.2) is 34.6 Å². The van der Waals surface area contributed by atoms with E-state index in [1.54, 1.807) is 24.3 Å². The highest BCUT2D eigenvalue weighted by Crippen LogP contribution is 2.33. The number of carbonyl (C=O) groups excluding carboxylic acids is 2. The summed E-state index contributed by atoms with van der Waals surface area (Å²) in [6.45, 7) is 0. The molecule has 100 valence electrons. The van der Waals surface area contributed by atoms with E-state index >= 15 is 0 Å². The lowest BCUT2D eigenvalue weighted by Crippen LogP contribution is -2.32. The highest BCUT2D eigenvalue weighted by Gasteiger charge is 2.41. The first-order valence-corrected chi connectivity index (χ1v) is 6.31. The number of methoxy groups -OCH3 is 1. The minimum Gasteiger partial charge on any atom is -0.497 e. The molecule has 1 aromatic carbocycles. The maximum absolute atomic E-state index is 12.0. The molecule has 0 bridgehead atoms. The van der Waals surface area contributed by atoms with E-state index in [0.717, 1.165) is 16.7 Å². The number of aliphatic carboxylic acids is 1. The standard InChI is InChI=1S/C12H11NO5S/c1-18-8-4-2-7(3-5-8)13-11(16)9(6-10(14)15)19-12(13)17/h2-5,9H,6H2,1H3,(H,14,15)/t9-/m1/s1. The van der Waals surface area contributed by atoms with Crippen LogP contribution in [0.2, 0.25) is 0 Å². The lowest BCUT2D eigenvalue weighted by Gasteiger charge is -2.13. The fourth-order valence-corrected chi connectivity index (χ4v) is 2.69. The third-order valence-electron chi connectivity index (χ3n) is 2.61. The average molecular weight is 281 g/mol. The second-order valence-corrected chi connectivity index (χ2v) is 5.00. The number of benzene rings is 1. The van der Waals surface area contributed by atoms with Crippen molar-refractivity contribution in [3.8, 4) is 5.75 Å². The molecule has 1 aromatic rings. The summed E-state index contributed by atoms with van der Waals surface area (Å²) in [5.74, 6) is -0.990. The van der Waals surface area contributed by atoms with Crippen molar-refractivity contribution in [3.63, 3.8) is 0 Å². The van der Waals surface area contributed by atoms with Gasteiger partial charge in [-0.25, -0.2) is 4.90 Å².